The fraction of sp³-hybridized carbons (Fsp3) is 0.455. The molecule has 13 heavy (non-hydrogen) atoms. The van der Waals surface area contributed by atoms with E-state index in [0.717, 1.165) is 18.4 Å². The Morgan fingerprint density at radius 2 is 1.92 bits per heavy atom. The van der Waals surface area contributed by atoms with Gasteiger partial charge in [-0.2, -0.15) is 0 Å². The highest BCUT2D eigenvalue weighted by Crippen LogP contribution is 2.38. The number of rotatable bonds is 1. The van der Waals surface area contributed by atoms with E-state index in [9.17, 15) is 4.39 Å². The number of hydrogen-bond donors (Lipinski definition) is 0. The molecule has 0 aromatic heterocycles. The first kappa shape index (κ1) is 9.01. The first-order chi connectivity index (χ1) is 6.29. The summed E-state index contributed by atoms with van der Waals surface area (Å²) in [5.41, 5.74) is 0.738. The minimum Gasteiger partial charge on any atom is -0.207 e. The van der Waals surface area contributed by atoms with Crippen LogP contribution >= 0.6 is 11.6 Å². The van der Waals surface area contributed by atoms with Crippen molar-refractivity contribution in [1.29, 1.82) is 0 Å². The van der Waals surface area contributed by atoms with E-state index < -0.39 is 0 Å². The average molecular weight is 199 g/mol. The lowest BCUT2D eigenvalue weighted by atomic mass is 9.97. The average Bonchev–Trinajstić information content (AvgIpc) is 2.57. The van der Waals surface area contributed by atoms with Gasteiger partial charge in [0.05, 0.1) is 0 Å². The molecule has 0 radical (unpaired) electrons. The molecule has 2 heteroatoms. The van der Waals surface area contributed by atoms with Crippen LogP contribution in [-0.2, 0) is 0 Å². The zero-order valence-corrected chi connectivity index (χ0v) is 8.15. The van der Waals surface area contributed by atoms with Crippen molar-refractivity contribution < 1.29 is 4.39 Å². The molecule has 1 aliphatic carbocycles. The Morgan fingerprint density at radius 3 is 2.54 bits per heavy atom. The molecule has 0 nitrogen and oxygen atoms in total. The molecule has 0 amide bonds. The van der Waals surface area contributed by atoms with Crippen molar-refractivity contribution in [3.05, 3.63) is 34.6 Å². The van der Waals surface area contributed by atoms with E-state index >= 15 is 0 Å². The Hall–Kier alpha value is -0.560. The quantitative estimate of drug-likeness (QED) is 0.637. The lowest BCUT2D eigenvalue weighted by Crippen LogP contribution is -1.97. The van der Waals surface area contributed by atoms with Crippen molar-refractivity contribution in [3.63, 3.8) is 0 Å². The zero-order valence-electron chi connectivity index (χ0n) is 7.39. The SMILES string of the molecule is Fc1cccc(Cl)c1C1CCCC1. The molecule has 2 rings (SSSR count). The standard InChI is InChI=1S/C11H12ClF/c12-9-6-3-7-10(13)11(9)8-4-1-2-5-8/h3,6-8H,1-2,4-5H2. The fourth-order valence-corrected chi connectivity index (χ4v) is 2.43. The zero-order chi connectivity index (χ0) is 9.26. The molecule has 1 fully saturated rings. The third kappa shape index (κ3) is 1.71. The van der Waals surface area contributed by atoms with Crippen LogP contribution in [0.15, 0.2) is 18.2 Å². The van der Waals surface area contributed by atoms with E-state index in [-0.39, 0.29) is 5.82 Å². The Bertz CT molecular complexity index is 283. The molecular weight excluding hydrogens is 187 g/mol. The number of benzene rings is 1. The molecule has 0 heterocycles. The minimum absolute atomic E-state index is 0.139. The second kappa shape index (κ2) is 3.67. The largest absolute Gasteiger partial charge is 0.207 e. The van der Waals surface area contributed by atoms with E-state index in [2.05, 4.69) is 0 Å². The maximum absolute atomic E-state index is 13.4. The monoisotopic (exact) mass is 198 g/mol. The summed E-state index contributed by atoms with van der Waals surface area (Å²) in [5, 5.41) is 0.590. The Balaban J connectivity index is 2.37. The molecule has 0 aliphatic heterocycles. The minimum atomic E-state index is -0.139. The van der Waals surface area contributed by atoms with Gasteiger partial charge in [-0.15, -0.1) is 0 Å². The molecule has 70 valence electrons. The topological polar surface area (TPSA) is 0 Å². The van der Waals surface area contributed by atoms with Gasteiger partial charge in [0.2, 0.25) is 0 Å². The van der Waals surface area contributed by atoms with Gasteiger partial charge in [0.1, 0.15) is 5.82 Å². The van der Waals surface area contributed by atoms with E-state index in [1.807, 2.05) is 0 Å². The highest BCUT2D eigenvalue weighted by Gasteiger charge is 2.22. The van der Waals surface area contributed by atoms with Crippen molar-refractivity contribution in [1.82, 2.24) is 0 Å². The van der Waals surface area contributed by atoms with E-state index in [1.54, 1.807) is 12.1 Å². The van der Waals surface area contributed by atoms with Crippen LogP contribution in [-0.4, -0.2) is 0 Å². The van der Waals surface area contributed by atoms with E-state index in [0.29, 0.717) is 10.9 Å². The summed E-state index contributed by atoms with van der Waals surface area (Å²) in [7, 11) is 0. The van der Waals surface area contributed by atoms with Gasteiger partial charge in [-0.3, -0.25) is 0 Å². The molecular formula is C11H12ClF. The van der Waals surface area contributed by atoms with E-state index in [1.165, 1.54) is 18.9 Å². The third-order valence-corrected chi connectivity index (χ3v) is 3.09. The van der Waals surface area contributed by atoms with Crippen LogP contribution in [0.1, 0.15) is 37.2 Å². The summed E-state index contributed by atoms with van der Waals surface area (Å²) >= 11 is 5.97. The normalized spacial score (nSPS) is 18.0. The molecule has 0 N–H and O–H groups in total. The van der Waals surface area contributed by atoms with Crippen LogP contribution < -0.4 is 0 Å². The van der Waals surface area contributed by atoms with Gasteiger partial charge in [0.25, 0.3) is 0 Å². The van der Waals surface area contributed by atoms with Gasteiger partial charge in [0, 0.05) is 10.6 Å². The summed E-state index contributed by atoms with van der Waals surface area (Å²) in [5.74, 6) is 0.216. The molecule has 0 atom stereocenters. The first-order valence-corrected chi connectivity index (χ1v) is 5.11. The van der Waals surface area contributed by atoms with Crippen LogP contribution in [0.25, 0.3) is 0 Å². The first-order valence-electron chi connectivity index (χ1n) is 4.73. The number of halogens is 2. The van der Waals surface area contributed by atoms with Crippen LogP contribution in [0.5, 0.6) is 0 Å². The molecule has 0 saturated heterocycles. The van der Waals surface area contributed by atoms with Crippen LogP contribution in [0.3, 0.4) is 0 Å². The Labute approximate surface area is 82.7 Å². The predicted octanol–water partition coefficient (Wildman–Crippen LogP) is 4.14. The molecule has 0 spiro atoms. The summed E-state index contributed by atoms with van der Waals surface area (Å²) in [6.07, 6.45) is 4.58. The lowest BCUT2D eigenvalue weighted by Gasteiger charge is -2.12. The van der Waals surface area contributed by atoms with Crippen molar-refractivity contribution in [2.75, 3.05) is 0 Å². The van der Waals surface area contributed by atoms with Gasteiger partial charge in [-0.25, -0.2) is 4.39 Å². The second-order valence-corrected chi connectivity index (χ2v) is 4.02. The smallest absolute Gasteiger partial charge is 0.128 e. The summed E-state index contributed by atoms with van der Waals surface area (Å²) in [4.78, 5) is 0. The molecule has 1 aliphatic rings. The van der Waals surface area contributed by atoms with E-state index in [4.69, 9.17) is 11.6 Å². The van der Waals surface area contributed by atoms with Gasteiger partial charge < -0.3 is 0 Å². The highest BCUT2D eigenvalue weighted by molar-refractivity contribution is 6.31. The van der Waals surface area contributed by atoms with Gasteiger partial charge in [0.15, 0.2) is 0 Å². The second-order valence-electron chi connectivity index (χ2n) is 3.62. The van der Waals surface area contributed by atoms with Gasteiger partial charge >= 0.3 is 0 Å². The van der Waals surface area contributed by atoms with Gasteiger partial charge in [-0.05, 0) is 30.9 Å². The lowest BCUT2D eigenvalue weighted by molar-refractivity contribution is 0.580. The number of hydrogen-bond acceptors (Lipinski definition) is 0. The molecule has 1 saturated carbocycles. The third-order valence-electron chi connectivity index (χ3n) is 2.76. The van der Waals surface area contributed by atoms with Crippen molar-refractivity contribution in [2.24, 2.45) is 0 Å². The molecule has 0 unspecified atom stereocenters. The Kier molecular flexibility index (Phi) is 2.54. The van der Waals surface area contributed by atoms with Gasteiger partial charge in [-0.1, -0.05) is 30.5 Å². The Morgan fingerprint density at radius 1 is 1.23 bits per heavy atom. The van der Waals surface area contributed by atoms with Crippen LogP contribution in [0, 0.1) is 5.82 Å². The van der Waals surface area contributed by atoms with Crippen molar-refractivity contribution in [3.8, 4) is 0 Å². The maximum atomic E-state index is 13.4. The summed E-state index contributed by atoms with van der Waals surface area (Å²) < 4.78 is 13.4. The van der Waals surface area contributed by atoms with Crippen LogP contribution in [0.2, 0.25) is 5.02 Å². The summed E-state index contributed by atoms with van der Waals surface area (Å²) in [6, 6.07) is 4.94. The highest BCUT2D eigenvalue weighted by atomic mass is 35.5. The molecule has 1 aromatic rings. The fourth-order valence-electron chi connectivity index (χ4n) is 2.12. The maximum Gasteiger partial charge on any atom is 0.128 e. The van der Waals surface area contributed by atoms with Crippen molar-refractivity contribution in [2.45, 2.75) is 31.6 Å². The molecule has 1 aromatic carbocycles. The van der Waals surface area contributed by atoms with Crippen molar-refractivity contribution >= 4 is 11.6 Å². The molecule has 0 bridgehead atoms. The van der Waals surface area contributed by atoms with Crippen LogP contribution in [0.4, 0.5) is 4.39 Å². The summed E-state index contributed by atoms with van der Waals surface area (Å²) in [6.45, 7) is 0. The predicted molar refractivity (Wildman–Crippen MR) is 52.6 cm³/mol.